The monoisotopic (exact) mass is 342 g/mol. The fraction of sp³-hybridized carbons (Fsp3) is 0.526. The summed E-state index contributed by atoms with van der Waals surface area (Å²) in [5, 5.41) is 0. The molecule has 0 radical (unpaired) electrons. The van der Waals surface area contributed by atoms with Crippen molar-refractivity contribution in [1.29, 1.82) is 0 Å². The van der Waals surface area contributed by atoms with Gasteiger partial charge in [0.05, 0.1) is 16.6 Å². The smallest absolute Gasteiger partial charge is 0.420 e. The molecule has 2 aliphatic rings. The van der Waals surface area contributed by atoms with E-state index in [0.717, 1.165) is 25.7 Å². The molecule has 1 unspecified atom stereocenters. The predicted octanol–water partition coefficient (Wildman–Crippen LogP) is 3.71. The van der Waals surface area contributed by atoms with Crippen LogP contribution in [-0.2, 0) is 9.47 Å². The van der Waals surface area contributed by atoms with Gasteiger partial charge < -0.3 is 9.47 Å². The molecule has 2 heterocycles. The average molecular weight is 342 g/mol. The Hall–Kier alpha value is -2.21. The van der Waals surface area contributed by atoms with Gasteiger partial charge >= 0.3 is 6.09 Å². The number of benzene rings is 1. The molecule has 4 rings (SSSR count). The van der Waals surface area contributed by atoms with Crippen LogP contribution < -0.4 is 0 Å². The molecule has 0 amide bonds. The van der Waals surface area contributed by atoms with Crippen LogP contribution >= 0.6 is 0 Å². The highest BCUT2D eigenvalue weighted by Gasteiger charge is 2.51. The largest absolute Gasteiger partial charge is 0.443 e. The molecule has 1 aliphatic heterocycles. The van der Waals surface area contributed by atoms with E-state index in [-0.39, 0.29) is 11.4 Å². The summed E-state index contributed by atoms with van der Waals surface area (Å²) < 4.78 is 12.7. The number of nitrogens with zero attached hydrogens (tertiary/aromatic N) is 2. The number of ether oxygens (including phenoxy) is 2. The number of fused-ring (bicyclic) bond motifs is 1. The first-order valence-corrected chi connectivity index (χ1v) is 8.70. The van der Waals surface area contributed by atoms with Crippen LogP contribution in [0.15, 0.2) is 24.5 Å². The van der Waals surface area contributed by atoms with E-state index in [1.807, 2.05) is 20.8 Å². The Morgan fingerprint density at radius 3 is 2.68 bits per heavy atom. The summed E-state index contributed by atoms with van der Waals surface area (Å²) in [5.41, 5.74) is 0.946. The molecular weight excluding hydrogens is 320 g/mol. The fourth-order valence-electron chi connectivity index (χ4n) is 3.37. The maximum Gasteiger partial charge on any atom is 0.420 e. The lowest BCUT2D eigenvalue weighted by Gasteiger charge is -2.19. The van der Waals surface area contributed by atoms with Gasteiger partial charge in [-0.1, -0.05) is 6.07 Å². The number of hydrogen-bond acceptors (Lipinski definition) is 5. The molecule has 0 bridgehead atoms. The molecule has 6 nitrogen and oxygen atoms in total. The van der Waals surface area contributed by atoms with Crippen LogP contribution in [0.4, 0.5) is 4.79 Å². The number of carbonyl (C=O) groups excluding carboxylic acids is 2. The minimum absolute atomic E-state index is 0.0376. The van der Waals surface area contributed by atoms with Gasteiger partial charge in [0.15, 0.2) is 5.78 Å². The molecule has 1 aliphatic carbocycles. The van der Waals surface area contributed by atoms with Crippen molar-refractivity contribution >= 4 is 22.9 Å². The number of hydrogen-bond donors (Lipinski definition) is 0. The maximum atomic E-state index is 12.9. The zero-order chi connectivity index (χ0) is 17.8. The van der Waals surface area contributed by atoms with Gasteiger partial charge in [0.2, 0.25) is 0 Å². The predicted molar refractivity (Wildman–Crippen MR) is 91.8 cm³/mol. The molecule has 1 atom stereocenters. The highest BCUT2D eigenvalue weighted by Crippen LogP contribution is 2.50. The Kier molecular flexibility index (Phi) is 3.51. The molecule has 1 saturated carbocycles. The van der Waals surface area contributed by atoms with Crippen molar-refractivity contribution in [3.05, 3.63) is 30.1 Å². The Balaban J connectivity index is 1.65. The van der Waals surface area contributed by atoms with E-state index in [4.69, 9.17) is 9.47 Å². The van der Waals surface area contributed by atoms with Crippen LogP contribution in [0.25, 0.3) is 11.0 Å². The number of carbonyl (C=O) groups is 2. The van der Waals surface area contributed by atoms with E-state index in [9.17, 15) is 9.59 Å². The Morgan fingerprint density at radius 2 is 2.04 bits per heavy atom. The minimum atomic E-state index is -0.600. The SMILES string of the molecule is CC(C)(C)OC(=O)n1cnc2c(C(=O)C3CCC4(CC4)O3)cccc21. The highest BCUT2D eigenvalue weighted by atomic mass is 16.6. The fourth-order valence-corrected chi connectivity index (χ4v) is 3.37. The second-order valence-corrected chi connectivity index (χ2v) is 7.96. The molecule has 2 fully saturated rings. The van der Waals surface area contributed by atoms with Crippen LogP contribution in [0.3, 0.4) is 0 Å². The second kappa shape index (κ2) is 5.39. The zero-order valence-corrected chi connectivity index (χ0v) is 14.7. The van der Waals surface area contributed by atoms with Gasteiger partial charge in [-0.05, 0) is 58.6 Å². The second-order valence-electron chi connectivity index (χ2n) is 7.96. The molecule has 1 saturated heterocycles. The van der Waals surface area contributed by atoms with Crippen LogP contribution in [0.5, 0.6) is 0 Å². The summed E-state index contributed by atoms with van der Waals surface area (Å²) in [7, 11) is 0. The number of para-hydroxylation sites is 1. The summed E-state index contributed by atoms with van der Waals surface area (Å²) >= 11 is 0. The first-order valence-electron chi connectivity index (χ1n) is 8.70. The molecule has 1 spiro atoms. The third-order valence-corrected chi connectivity index (χ3v) is 4.79. The summed E-state index contributed by atoms with van der Waals surface area (Å²) in [4.78, 5) is 29.6. The third-order valence-electron chi connectivity index (χ3n) is 4.79. The number of Topliss-reactive ketones (excluding diaryl/α,β-unsaturated/α-hetero) is 1. The zero-order valence-electron chi connectivity index (χ0n) is 14.7. The Bertz CT molecular complexity index is 858. The van der Waals surface area contributed by atoms with Crippen LogP contribution in [0.1, 0.15) is 56.8 Å². The Morgan fingerprint density at radius 1 is 1.28 bits per heavy atom. The number of ketones is 1. The van der Waals surface area contributed by atoms with Gasteiger partial charge in [0.25, 0.3) is 0 Å². The van der Waals surface area contributed by atoms with Gasteiger partial charge in [-0.3, -0.25) is 4.79 Å². The minimum Gasteiger partial charge on any atom is -0.443 e. The van der Waals surface area contributed by atoms with Gasteiger partial charge in [0.1, 0.15) is 18.0 Å². The normalized spacial score (nSPS) is 21.6. The van der Waals surface area contributed by atoms with Gasteiger partial charge in [-0.15, -0.1) is 0 Å². The summed E-state index contributed by atoms with van der Waals surface area (Å²) in [5.74, 6) is -0.0520. The van der Waals surface area contributed by atoms with Crippen molar-refractivity contribution in [2.45, 2.75) is 63.8 Å². The molecule has 0 N–H and O–H groups in total. The van der Waals surface area contributed by atoms with E-state index in [2.05, 4.69) is 4.98 Å². The van der Waals surface area contributed by atoms with Crippen molar-refractivity contribution in [3.8, 4) is 0 Å². The van der Waals surface area contributed by atoms with Crippen molar-refractivity contribution < 1.29 is 19.1 Å². The van der Waals surface area contributed by atoms with Crippen LogP contribution in [0.2, 0.25) is 0 Å². The summed E-state index contributed by atoms with van der Waals surface area (Å²) in [6.07, 6.45) is 4.30. The standard InChI is InChI=1S/C19H22N2O4/c1-18(2,3)25-17(23)21-11-20-15-12(5-4-6-13(15)21)16(22)14-7-8-19(24-14)9-10-19/h4-6,11,14H,7-10H2,1-3H3. The highest BCUT2D eigenvalue weighted by molar-refractivity contribution is 6.09. The van der Waals surface area contributed by atoms with Crippen molar-refractivity contribution in [1.82, 2.24) is 9.55 Å². The summed E-state index contributed by atoms with van der Waals surface area (Å²) in [6.45, 7) is 5.43. The van der Waals surface area contributed by atoms with Crippen molar-refractivity contribution in [2.24, 2.45) is 0 Å². The van der Waals surface area contributed by atoms with E-state index in [1.54, 1.807) is 18.2 Å². The quantitative estimate of drug-likeness (QED) is 0.778. The van der Waals surface area contributed by atoms with Gasteiger partial charge in [0, 0.05) is 5.56 Å². The van der Waals surface area contributed by atoms with Gasteiger partial charge in [-0.2, -0.15) is 0 Å². The molecule has 1 aromatic heterocycles. The lowest BCUT2D eigenvalue weighted by molar-refractivity contribution is 0.0267. The molecule has 6 heteroatoms. The number of aromatic nitrogens is 2. The topological polar surface area (TPSA) is 70.4 Å². The van der Waals surface area contributed by atoms with Crippen molar-refractivity contribution in [2.75, 3.05) is 0 Å². The molecule has 2 aromatic rings. The molecule has 25 heavy (non-hydrogen) atoms. The van der Waals surface area contributed by atoms with Crippen LogP contribution in [0, 0.1) is 0 Å². The molecule has 1 aromatic carbocycles. The van der Waals surface area contributed by atoms with Crippen LogP contribution in [-0.4, -0.2) is 38.7 Å². The Labute approximate surface area is 146 Å². The van der Waals surface area contributed by atoms with E-state index >= 15 is 0 Å². The van der Waals surface area contributed by atoms with E-state index < -0.39 is 17.8 Å². The number of imidazole rings is 1. The summed E-state index contributed by atoms with van der Waals surface area (Å²) in [6, 6.07) is 5.28. The molecule has 132 valence electrons. The van der Waals surface area contributed by atoms with Gasteiger partial charge in [-0.25, -0.2) is 14.3 Å². The first kappa shape index (κ1) is 16.3. The van der Waals surface area contributed by atoms with E-state index in [1.165, 1.54) is 10.9 Å². The third kappa shape index (κ3) is 2.95. The lowest BCUT2D eigenvalue weighted by atomic mass is 10.0. The lowest BCUT2D eigenvalue weighted by Crippen LogP contribution is -2.26. The number of rotatable bonds is 2. The molecular formula is C19H22N2O4. The first-order chi connectivity index (χ1) is 11.8. The maximum absolute atomic E-state index is 12.9. The van der Waals surface area contributed by atoms with Crippen molar-refractivity contribution in [3.63, 3.8) is 0 Å². The average Bonchev–Trinajstić information content (AvgIpc) is 2.96. The van der Waals surface area contributed by atoms with E-state index in [0.29, 0.717) is 16.6 Å².